The zero-order valence-corrected chi connectivity index (χ0v) is 63.1. The van der Waals surface area contributed by atoms with E-state index in [4.69, 9.17) is 37.0 Å². The van der Waals surface area contributed by atoms with E-state index in [1.807, 2.05) is 0 Å². The maximum absolute atomic E-state index is 13.1. The number of carbonyl (C=O) groups is 4. The third-order valence-corrected chi connectivity index (χ3v) is 19.4. The summed E-state index contributed by atoms with van der Waals surface area (Å²) in [4.78, 5) is 72.7. The second kappa shape index (κ2) is 66.9. The van der Waals surface area contributed by atoms with E-state index < -0.39 is 97.5 Å². The summed E-state index contributed by atoms with van der Waals surface area (Å²) >= 11 is 0. The zero-order chi connectivity index (χ0) is 69.3. The van der Waals surface area contributed by atoms with Gasteiger partial charge in [-0.05, 0) is 37.5 Å². The van der Waals surface area contributed by atoms with Gasteiger partial charge in [0.05, 0.1) is 26.4 Å². The van der Waals surface area contributed by atoms with Crippen LogP contribution in [-0.2, 0) is 65.4 Å². The molecule has 2 unspecified atom stereocenters. The van der Waals surface area contributed by atoms with Crippen molar-refractivity contribution in [1.82, 2.24) is 0 Å². The molecular formula is C75H146O17P2. The first kappa shape index (κ1) is 92.1. The van der Waals surface area contributed by atoms with Crippen LogP contribution < -0.4 is 0 Å². The second-order valence-electron chi connectivity index (χ2n) is 28.0. The fourth-order valence-corrected chi connectivity index (χ4v) is 13.1. The molecule has 0 bridgehead atoms. The van der Waals surface area contributed by atoms with Crippen LogP contribution in [0.5, 0.6) is 0 Å². The SMILES string of the molecule is CCCCCCCCCCCCCCCCCCCCCCC(=O)O[C@H](COC(=O)CCCCCCCCCCCCC(C)C)COP(=O)(O)OC[C@@H](O)COP(=O)(O)OC[C@@H](COC(=O)CCCCCCCCCCCC)OC(=O)CCCCCCCCCCC(C)C. The van der Waals surface area contributed by atoms with Gasteiger partial charge in [0, 0.05) is 25.7 Å². The zero-order valence-electron chi connectivity index (χ0n) is 61.3. The standard InChI is InChI=1S/C75H146O17P2/c1-7-9-11-13-15-17-19-20-21-22-23-24-25-26-27-28-34-41-47-53-59-74(79)91-70(63-86-73(78)58-52-46-40-33-30-29-31-37-43-49-55-67(3)4)65-89-93(81,82)87-61-69(76)62-88-94(83,84)90-66-71(64-85-72(77)57-51-45-39-32-18-16-14-12-10-8-2)92-75(80)60-54-48-42-36-35-38-44-50-56-68(5)6/h67-71,76H,7-66H2,1-6H3,(H,81,82)(H,83,84)/t69-,70-,71-/m1/s1. The van der Waals surface area contributed by atoms with Gasteiger partial charge >= 0.3 is 39.5 Å². The van der Waals surface area contributed by atoms with Crippen molar-refractivity contribution in [3.63, 3.8) is 0 Å². The van der Waals surface area contributed by atoms with Crippen LogP contribution in [0.2, 0.25) is 0 Å². The molecule has 0 aromatic heterocycles. The van der Waals surface area contributed by atoms with E-state index in [9.17, 15) is 43.2 Å². The fourth-order valence-electron chi connectivity index (χ4n) is 11.5. The van der Waals surface area contributed by atoms with Crippen molar-refractivity contribution >= 4 is 39.5 Å². The number of unbranched alkanes of at least 4 members (excludes halogenated alkanes) is 44. The van der Waals surface area contributed by atoms with Crippen molar-refractivity contribution in [2.45, 2.75) is 407 Å². The van der Waals surface area contributed by atoms with Gasteiger partial charge in [-0.1, -0.05) is 337 Å². The Morgan fingerprint density at radius 1 is 0.287 bits per heavy atom. The Balaban J connectivity index is 5.20. The minimum atomic E-state index is -4.96. The molecule has 0 saturated heterocycles. The first-order chi connectivity index (χ1) is 45.4. The number of esters is 4. The quantitative estimate of drug-likeness (QED) is 0.0222. The maximum atomic E-state index is 13.1. The molecule has 0 heterocycles. The highest BCUT2D eigenvalue weighted by Gasteiger charge is 2.30. The van der Waals surface area contributed by atoms with E-state index in [-0.39, 0.29) is 25.7 Å². The lowest BCUT2D eigenvalue weighted by Crippen LogP contribution is -2.30. The first-order valence-corrected chi connectivity index (χ1v) is 42.0. The van der Waals surface area contributed by atoms with E-state index >= 15 is 0 Å². The Morgan fingerprint density at radius 2 is 0.489 bits per heavy atom. The lowest BCUT2D eigenvalue weighted by atomic mass is 10.0. The average molecular weight is 1380 g/mol. The van der Waals surface area contributed by atoms with Gasteiger partial charge < -0.3 is 33.8 Å². The Hall–Kier alpha value is -1.94. The number of ether oxygens (including phenoxy) is 4. The van der Waals surface area contributed by atoms with Crippen LogP contribution in [0.1, 0.15) is 388 Å². The Kier molecular flexibility index (Phi) is 65.5. The Labute approximate surface area is 575 Å². The third kappa shape index (κ3) is 68.6. The van der Waals surface area contributed by atoms with Gasteiger partial charge in [0.25, 0.3) is 0 Å². The normalized spacial score (nSPS) is 14.0. The molecule has 5 atom stereocenters. The molecule has 0 fully saturated rings. The molecule has 0 aromatic rings. The van der Waals surface area contributed by atoms with Crippen LogP contribution >= 0.6 is 15.6 Å². The van der Waals surface area contributed by atoms with E-state index in [1.165, 1.54) is 205 Å². The highest BCUT2D eigenvalue weighted by molar-refractivity contribution is 7.47. The molecule has 0 saturated carbocycles. The molecule has 558 valence electrons. The monoisotopic (exact) mass is 1380 g/mol. The molecule has 17 nitrogen and oxygen atoms in total. The molecule has 0 aliphatic carbocycles. The van der Waals surface area contributed by atoms with Gasteiger partial charge in [0.15, 0.2) is 12.2 Å². The molecule has 0 spiro atoms. The van der Waals surface area contributed by atoms with E-state index in [0.29, 0.717) is 25.7 Å². The highest BCUT2D eigenvalue weighted by Crippen LogP contribution is 2.45. The fraction of sp³-hybridized carbons (Fsp3) is 0.947. The van der Waals surface area contributed by atoms with Gasteiger partial charge in [-0.25, -0.2) is 9.13 Å². The number of phosphoric acid groups is 2. The van der Waals surface area contributed by atoms with E-state index in [0.717, 1.165) is 102 Å². The topological polar surface area (TPSA) is 237 Å². The number of hydrogen-bond acceptors (Lipinski definition) is 15. The largest absolute Gasteiger partial charge is 0.472 e. The molecule has 0 radical (unpaired) electrons. The molecule has 0 aromatic carbocycles. The maximum Gasteiger partial charge on any atom is 0.472 e. The van der Waals surface area contributed by atoms with Crippen molar-refractivity contribution in [3.05, 3.63) is 0 Å². The minimum Gasteiger partial charge on any atom is -0.462 e. The van der Waals surface area contributed by atoms with Gasteiger partial charge in [-0.3, -0.25) is 37.3 Å². The lowest BCUT2D eigenvalue weighted by Gasteiger charge is -2.21. The number of phosphoric ester groups is 2. The first-order valence-electron chi connectivity index (χ1n) is 39.0. The molecule has 0 aliphatic heterocycles. The number of aliphatic hydroxyl groups is 1. The van der Waals surface area contributed by atoms with E-state index in [2.05, 4.69) is 41.5 Å². The number of carbonyl (C=O) groups excluding carboxylic acids is 4. The van der Waals surface area contributed by atoms with Crippen molar-refractivity contribution in [3.8, 4) is 0 Å². The summed E-state index contributed by atoms with van der Waals surface area (Å²) < 4.78 is 68.4. The third-order valence-electron chi connectivity index (χ3n) is 17.5. The van der Waals surface area contributed by atoms with Crippen molar-refractivity contribution < 1.29 is 80.2 Å². The van der Waals surface area contributed by atoms with Crippen LogP contribution in [0, 0.1) is 11.8 Å². The average Bonchev–Trinajstić information content (AvgIpc) is 1.15. The highest BCUT2D eigenvalue weighted by atomic mass is 31.2. The smallest absolute Gasteiger partial charge is 0.462 e. The Morgan fingerprint density at radius 3 is 0.723 bits per heavy atom. The Bertz CT molecular complexity index is 1820. The van der Waals surface area contributed by atoms with Crippen molar-refractivity contribution in [2.24, 2.45) is 11.8 Å². The van der Waals surface area contributed by atoms with Crippen LogP contribution in [-0.4, -0.2) is 96.7 Å². The van der Waals surface area contributed by atoms with Crippen molar-refractivity contribution in [1.29, 1.82) is 0 Å². The number of aliphatic hydroxyl groups excluding tert-OH is 1. The van der Waals surface area contributed by atoms with Gasteiger partial charge in [0.2, 0.25) is 0 Å². The van der Waals surface area contributed by atoms with Gasteiger partial charge in [-0.15, -0.1) is 0 Å². The summed E-state index contributed by atoms with van der Waals surface area (Å²) in [6.07, 6.45) is 54.2. The van der Waals surface area contributed by atoms with Gasteiger partial charge in [-0.2, -0.15) is 0 Å². The number of rotatable bonds is 74. The van der Waals surface area contributed by atoms with Crippen LogP contribution in [0.25, 0.3) is 0 Å². The van der Waals surface area contributed by atoms with Gasteiger partial charge in [0.1, 0.15) is 19.3 Å². The van der Waals surface area contributed by atoms with Crippen molar-refractivity contribution in [2.75, 3.05) is 39.6 Å². The summed E-state index contributed by atoms with van der Waals surface area (Å²) in [6, 6.07) is 0. The number of hydrogen-bond donors (Lipinski definition) is 3. The molecule has 19 heteroatoms. The van der Waals surface area contributed by atoms with Crippen LogP contribution in [0.15, 0.2) is 0 Å². The summed E-state index contributed by atoms with van der Waals surface area (Å²) in [7, 11) is -9.91. The predicted molar refractivity (Wildman–Crippen MR) is 381 cm³/mol. The molecule has 3 N–H and O–H groups in total. The predicted octanol–water partition coefficient (Wildman–Crippen LogP) is 21.9. The second-order valence-corrected chi connectivity index (χ2v) is 30.9. The lowest BCUT2D eigenvalue weighted by molar-refractivity contribution is -0.161. The molecule has 94 heavy (non-hydrogen) atoms. The minimum absolute atomic E-state index is 0.105. The molecule has 0 aliphatic rings. The summed E-state index contributed by atoms with van der Waals surface area (Å²) in [6.45, 7) is 9.53. The van der Waals surface area contributed by atoms with E-state index in [1.54, 1.807) is 0 Å². The summed E-state index contributed by atoms with van der Waals surface area (Å²) in [5.41, 5.74) is 0. The van der Waals surface area contributed by atoms with Crippen LogP contribution in [0.3, 0.4) is 0 Å². The summed E-state index contributed by atoms with van der Waals surface area (Å²) in [5.74, 6) is -0.643. The molecule has 0 amide bonds. The van der Waals surface area contributed by atoms with Crippen LogP contribution in [0.4, 0.5) is 0 Å². The molecular weight excluding hydrogens is 1230 g/mol. The summed E-state index contributed by atoms with van der Waals surface area (Å²) in [5, 5.41) is 10.6. The molecule has 0 rings (SSSR count).